The minimum atomic E-state index is -0.0787. The molecule has 1 aliphatic rings. The molecule has 0 bridgehead atoms. The molecule has 0 spiro atoms. The van der Waals surface area contributed by atoms with E-state index in [2.05, 4.69) is 15.7 Å². The Labute approximate surface area is 170 Å². The van der Waals surface area contributed by atoms with Crippen LogP contribution in [0.25, 0.3) is 5.52 Å². The number of nitrogens with zero attached hydrogens (tertiary/aromatic N) is 2. The summed E-state index contributed by atoms with van der Waals surface area (Å²) >= 11 is 0. The Morgan fingerprint density at radius 3 is 3.00 bits per heavy atom. The molecule has 7 heteroatoms. The third-order valence-electron chi connectivity index (χ3n) is 5.18. The van der Waals surface area contributed by atoms with Gasteiger partial charge in [0.05, 0.1) is 12.6 Å². The zero-order chi connectivity index (χ0) is 18.6. The normalized spacial score (nSPS) is 16.0. The van der Waals surface area contributed by atoms with Gasteiger partial charge in [-0.1, -0.05) is 6.07 Å². The minimum absolute atomic E-state index is 0. The number of hydrogen-bond acceptors (Lipinski definition) is 4. The molecule has 2 N–H and O–H groups in total. The second kappa shape index (κ2) is 9.08. The second-order valence-electron chi connectivity index (χ2n) is 6.97. The van der Waals surface area contributed by atoms with Crippen LogP contribution in [0.3, 0.4) is 0 Å². The number of nitrogens with one attached hydrogen (secondary N) is 2. The Morgan fingerprint density at radius 2 is 2.21 bits per heavy atom. The Bertz CT molecular complexity index is 950. The Kier molecular flexibility index (Phi) is 6.54. The van der Waals surface area contributed by atoms with Crippen LogP contribution in [-0.4, -0.2) is 35.7 Å². The molecule has 1 amide bonds. The van der Waals surface area contributed by atoms with Crippen LogP contribution in [0.4, 0.5) is 0 Å². The average Bonchev–Trinajstić information content (AvgIpc) is 3.37. The fourth-order valence-corrected chi connectivity index (χ4v) is 3.72. The summed E-state index contributed by atoms with van der Waals surface area (Å²) in [7, 11) is 1.68. The number of fused-ring (bicyclic) bond motifs is 1. The lowest BCUT2D eigenvalue weighted by atomic mass is 9.96. The molecule has 6 nitrogen and oxygen atoms in total. The highest BCUT2D eigenvalue weighted by atomic mass is 35.5. The highest BCUT2D eigenvalue weighted by Crippen LogP contribution is 2.25. The van der Waals surface area contributed by atoms with Crippen LogP contribution >= 0.6 is 12.4 Å². The number of hydrogen-bond donors (Lipinski definition) is 2. The van der Waals surface area contributed by atoms with Gasteiger partial charge >= 0.3 is 0 Å². The van der Waals surface area contributed by atoms with Crippen molar-refractivity contribution in [2.45, 2.75) is 19.4 Å². The van der Waals surface area contributed by atoms with Gasteiger partial charge in [-0.25, -0.2) is 4.52 Å². The molecule has 1 aliphatic heterocycles. The summed E-state index contributed by atoms with van der Waals surface area (Å²) in [5.74, 6) is 1.36. The van der Waals surface area contributed by atoms with Crippen LogP contribution in [0.15, 0.2) is 48.8 Å². The average molecular weight is 401 g/mol. The molecule has 1 aromatic carbocycles. The number of carbonyl (C=O) groups is 1. The first-order valence-corrected chi connectivity index (χ1v) is 9.31. The van der Waals surface area contributed by atoms with Gasteiger partial charge in [-0.05, 0) is 73.3 Å². The first kappa shape index (κ1) is 20.2. The molecule has 3 heterocycles. The van der Waals surface area contributed by atoms with Crippen molar-refractivity contribution in [3.63, 3.8) is 0 Å². The molecule has 1 unspecified atom stereocenters. The molecule has 28 heavy (non-hydrogen) atoms. The van der Waals surface area contributed by atoms with E-state index in [-0.39, 0.29) is 18.3 Å². The zero-order valence-electron chi connectivity index (χ0n) is 15.9. The van der Waals surface area contributed by atoms with Gasteiger partial charge in [0.2, 0.25) is 0 Å². The van der Waals surface area contributed by atoms with Crippen molar-refractivity contribution in [1.82, 2.24) is 20.2 Å². The van der Waals surface area contributed by atoms with E-state index < -0.39 is 0 Å². The predicted molar refractivity (Wildman–Crippen MR) is 111 cm³/mol. The van der Waals surface area contributed by atoms with Gasteiger partial charge in [0.15, 0.2) is 0 Å². The van der Waals surface area contributed by atoms with Gasteiger partial charge in [0.1, 0.15) is 5.75 Å². The molecule has 1 fully saturated rings. The Balaban J connectivity index is 0.00000225. The summed E-state index contributed by atoms with van der Waals surface area (Å²) in [5, 5.41) is 10.6. The molecule has 0 aliphatic carbocycles. The van der Waals surface area contributed by atoms with E-state index in [4.69, 9.17) is 4.74 Å². The van der Waals surface area contributed by atoms with Gasteiger partial charge in [0.25, 0.3) is 5.91 Å². The molecule has 2 aromatic heterocycles. The zero-order valence-corrected chi connectivity index (χ0v) is 16.7. The van der Waals surface area contributed by atoms with Crippen molar-refractivity contribution >= 4 is 23.8 Å². The van der Waals surface area contributed by atoms with E-state index >= 15 is 0 Å². The fraction of sp³-hybridized carbons (Fsp3) is 0.333. The SMILES string of the molecule is COc1ccc(C(=O)NCc2cccn3nccc23)cc1CC1CCNC1.Cl. The van der Waals surface area contributed by atoms with Crippen molar-refractivity contribution in [3.8, 4) is 5.75 Å². The first-order valence-electron chi connectivity index (χ1n) is 9.31. The number of pyridine rings is 1. The van der Waals surface area contributed by atoms with E-state index in [1.165, 1.54) is 0 Å². The number of amides is 1. The number of ether oxygens (including phenoxy) is 1. The Morgan fingerprint density at radius 1 is 1.32 bits per heavy atom. The lowest BCUT2D eigenvalue weighted by molar-refractivity contribution is 0.0951. The van der Waals surface area contributed by atoms with Crippen LogP contribution in [0.1, 0.15) is 27.9 Å². The lowest BCUT2D eigenvalue weighted by Crippen LogP contribution is -2.23. The number of aromatic nitrogens is 2. The van der Waals surface area contributed by atoms with Gasteiger partial charge in [-0.3, -0.25) is 4.79 Å². The summed E-state index contributed by atoms with van der Waals surface area (Å²) < 4.78 is 7.31. The lowest BCUT2D eigenvalue weighted by Gasteiger charge is -2.14. The van der Waals surface area contributed by atoms with E-state index in [0.29, 0.717) is 18.0 Å². The summed E-state index contributed by atoms with van der Waals surface area (Å²) in [6.45, 7) is 2.55. The summed E-state index contributed by atoms with van der Waals surface area (Å²) in [6, 6.07) is 11.6. The monoisotopic (exact) mass is 400 g/mol. The van der Waals surface area contributed by atoms with Crippen LogP contribution in [0.5, 0.6) is 5.75 Å². The van der Waals surface area contributed by atoms with Gasteiger partial charge in [0, 0.05) is 24.5 Å². The number of halogens is 1. The molecule has 148 valence electrons. The molecule has 0 radical (unpaired) electrons. The topological polar surface area (TPSA) is 67.7 Å². The molecule has 0 saturated carbocycles. The highest BCUT2D eigenvalue weighted by molar-refractivity contribution is 5.94. The van der Waals surface area contributed by atoms with E-state index in [9.17, 15) is 4.79 Å². The van der Waals surface area contributed by atoms with Gasteiger partial charge in [-0.2, -0.15) is 5.10 Å². The first-order chi connectivity index (χ1) is 13.2. The summed E-state index contributed by atoms with van der Waals surface area (Å²) in [4.78, 5) is 12.7. The highest BCUT2D eigenvalue weighted by Gasteiger charge is 2.18. The molecule has 1 atom stereocenters. The molecule has 1 saturated heterocycles. The van der Waals surface area contributed by atoms with Gasteiger partial charge in [-0.15, -0.1) is 12.4 Å². The van der Waals surface area contributed by atoms with Crippen LogP contribution in [-0.2, 0) is 13.0 Å². The van der Waals surface area contributed by atoms with E-state index in [0.717, 1.165) is 48.3 Å². The van der Waals surface area contributed by atoms with Crippen molar-refractivity contribution in [1.29, 1.82) is 0 Å². The number of benzene rings is 1. The fourth-order valence-electron chi connectivity index (χ4n) is 3.72. The third-order valence-corrected chi connectivity index (χ3v) is 5.18. The van der Waals surface area contributed by atoms with Crippen LogP contribution in [0, 0.1) is 5.92 Å². The van der Waals surface area contributed by atoms with Crippen molar-refractivity contribution in [2.24, 2.45) is 5.92 Å². The van der Waals surface area contributed by atoms with Crippen LogP contribution < -0.4 is 15.4 Å². The van der Waals surface area contributed by atoms with E-state index in [1.54, 1.807) is 13.3 Å². The van der Waals surface area contributed by atoms with Crippen LogP contribution in [0.2, 0.25) is 0 Å². The summed E-state index contributed by atoms with van der Waals surface area (Å²) in [6.07, 6.45) is 5.74. The quantitative estimate of drug-likeness (QED) is 0.667. The van der Waals surface area contributed by atoms with Gasteiger partial charge < -0.3 is 15.4 Å². The maximum atomic E-state index is 12.7. The van der Waals surface area contributed by atoms with E-state index in [1.807, 2.05) is 47.1 Å². The number of carbonyl (C=O) groups excluding carboxylic acids is 1. The van der Waals surface area contributed by atoms with Crippen molar-refractivity contribution in [2.75, 3.05) is 20.2 Å². The second-order valence-corrected chi connectivity index (χ2v) is 6.97. The predicted octanol–water partition coefficient (Wildman–Crippen LogP) is 2.85. The third kappa shape index (κ3) is 4.29. The molecule has 3 aromatic rings. The summed E-state index contributed by atoms with van der Waals surface area (Å²) in [5.41, 5.74) is 3.80. The minimum Gasteiger partial charge on any atom is -0.496 e. The van der Waals surface area contributed by atoms with Crippen molar-refractivity contribution in [3.05, 3.63) is 65.5 Å². The largest absolute Gasteiger partial charge is 0.496 e. The van der Waals surface area contributed by atoms with Crippen molar-refractivity contribution < 1.29 is 9.53 Å². The molecule has 4 rings (SSSR count). The number of rotatable bonds is 6. The number of methoxy groups -OCH3 is 1. The maximum Gasteiger partial charge on any atom is 0.251 e. The molecular formula is C21H25ClN4O2. The Hall–Kier alpha value is -2.57. The smallest absolute Gasteiger partial charge is 0.251 e. The molecular weight excluding hydrogens is 376 g/mol. The maximum absolute atomic E-state index is 12.7. The standard InChI is InChI=1S/C21H24N4O2.ClH/c1-27-20-5-4-16(12-18(20)11-15-6-8-22-13-15)21(26)23-14-17-3-2-10-25-19(17)7-9-24-25;/h2-5,7,9-10,12,15,22H,6,8,11,13-14H2,1H3,(H,23,26);1H.